The van der Waals surface area contributed by atoms with Crippen molar-refractivity contribution in [3.63, 3.8) is 0 Å². The third-order valence-corrected chi connectivity index (χ3v) is 6.67. The van der Waals surface area contributed by atoms with E-state index in [1.807, 2.05) is 12.1 Å². The fraction of sp³-hybridized carbons (Fsp3) is 0.400. The molecular formula is C20H20F2N3O2S. The van der Waals surface area contributed by atoms with Gasteiger partial charge in [-0.05, 0) is 55.5 Å². The van der Waals surface area contributed by atoms with Crippen molar-refractivity contribution in [3.8, 4) is 6.07 Å². The first-order valence-electron chi connectivity index (χ1n) is 8.95. The highest BCUT2D eigenvalue weighted by atomic mass is 32.2. The average molecular weight is 404 g/mol. The zero-order valence-electron chi connectivity index (χ0n) is 15.1. The second-order valence-electron chi connectivity index (χ2n) is 7.02. The summed E-state index contributed by atoms with van der Waals surface area (Å²) in [6.07, 6.45) is 6.86. The number of nitrogens with zero attached hydrogens (tertiary/aromatic N) is 2. The number of aromatic nitrogens is 1. The van der Waals surface area contributed by atoms with Crippen LogP contribution in [0, 0.1) is 17.4 Å². The summed E-state index contributed by atoms with van der Waals surface area (Å²) < 4.78 is 48.6. The Kier molecular flexibility index (Phi) is 5.94. The summed E-state index contributed by atoms with van der Waals surface area (Å²) in [6, 6.07) is 12.9. The maximum absolute atomic E-state index is 12.7. The second kappa shape index (κ2) is 8.23. The van der Waals surface area contributed by atoms with Gasteiger partial charge in [0.2, 0.25) is 9.84 Å². The van der Waals surface area contributed by atoms with Crippen LogP contribution >= 0.6 is 0 Å². The van der Waals surface area contributed by atoms with E-state index >= 15 is 0 Å². The molecule has 28 heavy (non-hydrogen) atoms. The van der Waals surface area contributed by atoms with Crippen LogP contribution in [-0.4, -0.2) is 25.2 Å². The van der Waals surface area contributed by atoms with Gasteiger partial charge in [0, 0.05) is 36.3 Å². The van der Waals surface area contributed by atoms with Crippen LogP contribution in [0.15, 0.2) is 47.6 Å². The summed E-state index contributed by atoms with van der Waals surface area (Å²) >= 11 is 0. The smallest absolute Gasteiger partial charge is 0.341 e. The van der Waals surface area contributed by atoms with Gasteiger partial charge in [-0.25, -0.2) is 8.42 Å². The van der Waals surface area contributed by atoms with E-state index in [2.05, 4.69) is 22.4 Å². The Labute approximate surface area is 163 Å². The predicted octanol–water partition coefficient (Wildman–Crippen LogP) is 4.08. The lowest BCUT2D eigenvalue weighted by Gasteiger charge is -2.39. The molecule has 1 aliphatic carbocycles. The molecule has 1 radical (unpaired) electrons. The molecule has 0 unspecified atom stereocenters. The monoisotopic (exact) mass is 404 g/mol. The Morgan fingerprint density at radius 1 is 1.32 bits per heavy atom. The van der Waals surface area contributed by atoms with Gasteiger partial charge >= 0.3 is 5.76 Å². The first-order valence-corrected chi connectivity index (χ1v) is 10.5. The highest BCUT2D eigenvalue weighted by molar-refractivity contribution is 7.91. The van der Waals surface area contributed by atoms with Crippen LogP contribution in [0.1, 0.15) is 37.7 Å². The number of sulfone groups is 1. The molecule has 3 rings (SSSR count). The van der Waals surface area contributed by atoms with Crippen molar-refractivity contribution in [2.45, 2.75) is 54.2 Å². The topological polar surface area (TPSA) is 82.8 Å². The molecule has 0 amide bonds. The number of hydrogen-bond acceptors (Lipinski definition) is 5. The Hall–Kier alpha value is -2.53. The van der Waals surface area contributed by atoms with Crippen molar-refractivity contribution >= 4 is 15.5 Å². The number of benzene rings is 1. The number of rotatable bonds is 6. The molecule has 1 fully saturated rings. The summed E-state index contributed by atoms with van der Waals surface area (Å²) in [7, 11) is -4.67. The van der Waals surface area contributed by atoms with Crippen LogP contribution in [0.25, 0.3) is 0 Å². The van der Waals surface area contributed by atoms with Gasteiger partial charge < -0.3 is 5.32 Å². The molecule has 1 aromatic carbocycles. The van der Waals surface area contributed by atoms with E-state index in [4.69, 9.17) is 0 Å². The van der Waals surface area contributed by atoms with Crippen LogP contribution in [0.2, 0.25) is 0 Å². The van der Waals surface area contributed by atoms with Crippen molar-refractivity contribution in [2.24, 2.45) is 0 Å². The lowest BCUT2D eigenvalue weighted by molar-refractivity contribution is 0.234. The molecule has 8 heteroatoms. The summed E-state index contributed by atoms with van der Waals surface area (Å²) in [5.41, 5.74) is 1.28. The Morgan fingerprint density at radius 2 is 2.07 bits per heavy atom. The summed E-state index contributed by atoms with van der Waals surface area (Å²) in [5.74, 6) is -3.48. The third kappa shape index (κ3) is 4.14. The summed E-state index contributed by atoms with van der Waals surface area (Å²) in [4.78, 5) is 3.56. The van der Waals surface area contributed by atoms with Gasteiger partial charge in [0.05, 0.1) is 16.7 Å². The molecule has 1 aliphatic rings. The SMILES string of the molecule is N#CCC1(c2c[c]c(S(=O)(=O)C(F)F)cc2)CCC(Nc2cccnc2)CC1. The zero-order valence-corrected chi connectivity index (χ0v) is 15.9. The molecule has 1 N–H and O–H groups in total. The molecular weight excluding hydrogens is 384 g/mol. The van der Waals surface area contributed by atoms with E-state index in [0.29, 0.717) is 0 Å². The van der Waals surface area contributed by atoms with E-state index in [1.165, 1.54) is 12.1 Å². The fourth-order valence-corrected chi connectivity index (χ4v) is 4.40. The lowest BCUT2D eigenvalue weighted by Crippen LogP contribution is -2.36. The first kappa shape index (κ1) is 20.2. The first-order chi connectivity index (χ1) is 13.4. The molecule has 0 bridgehead atoms. The molecule has 147 valence electrons. The van der Waals surface area contributed by atoms with Gasteiger partial charge in [0.15, 0.2) is 0 Å². The van der Waals surface area contributed by atoms with Gasteiger partial charge in [-0.3, -0.25) is 4.98 Å². The summed E-state index contributed by atoms with van der Waals surface area (Å²) in [5, 5.41) is 12.8. The number of anilines is 1. The Bertz CT molecular complexity index is 934. The minimum atomic E-state index is -4.67. The molecule has 1 heterocycles. The van der Waals surface area contributed by atoms with Crippen molar-refractivity contribution in [2.75, 3.05) is 5.32 Å². The summed E-state index contributed by atoms with van der Waals surface area (Å²) in [6.45, 7) is 0. The quantitative estimate of drug-likeness (QED) is 0.784. The van der Waals surface area contributed by atoms with E-state index in [9.17, 15) is 22.5 Å². The van der Waals surface area contributed by atoms with Crippen LogP contribution < -0.4 is 5.32 Å². The minimum Gasteiger partial charge on any atom is -0.381 e. The van der Waals surface area contributed by atoms with Gasteiger partial charge in [-0.1, -0.05) is 6.07 Å². The average Bonchev–Trinajstić information content (AvgIpc) is 2.70. The molecule has 5 nitrogen and oxygen atoms in total. The zero-order chi connectivity index (χ0) is 20.2. The number of hydrogen-bond donors (Lipinski definition) is 1. The van der Waals surface area contributed by atoms with Gasteiger partial charge in [-0.15, -0.1) is 0 Å². The molecule has 0 aliphatic heterocycles. The largest absolute Gasteiger partial charge is 0.381 e. The second-order valence-corrected chi connectivity index (χ2v) is 8.91. The Morgan fingerprint density at radius 3 is 2.61 bits per heavy atom. The number of pyridine rings is 1. The van der Waals surface area contributed by atoms with Crippen LogP contribution in [0.3, 0.4) is 0 Å². The van der Waals surface area contributed by atoms with E-state index in [1.54, 1.807) is 12.4 Å². The normalized spacial score (nSPS) is 22.6. The van der Waals surface area contributed by atoms with Gasteiger partial charge in [-0.2, -0.15) is 14.0 Å². The Balaban J connectivity index is 1.76. The minimum absolute atomic E-state index is 0.249. The molecule has 0 saturated heterocycles. The van der Waals surface area contributed by atoms with Crippen molar-refractivity contribution < 1.29 is 17.2 Å². The van der Waals surface area contributed by atoms with Crippen LogP contribution in [-0.2, 0) is 15.3 Å². The van der Waals surface area contributed by atoms with Crippen LogP contribution in [0.5, 0.6) is 0 Å². The number of nitriles is 1. The predicted molar refractivity (Wildman–Crippen MR) is 100 cm³/mol. The van der Waals surface area contributed by atoms with E-state index < -0.39 is 25.9 Å². The number of nitrogens with one attached hydrogen (secondary N) is 1. The molecule has 2 aromatic rings. The van der Waals surface area contributed by atoms with Crippen molar-refractivity contribution in [3.05, 3.63) is 54.4 Å². The van der Waals surface area contributed by atoms with Gasteiger partial charge in [0.25, 0.3) is 0 Å². The number of alkyl halides is 2. The van der Waals surface area contributed by atoms with Gasteiger partial charge in [0.1, 0.15) is 0 Å². The van der Waals surface area contributed by atoms with E-state index in [-0.39, 0.29) is 12.5 Å². The lowest BCUT2D eigenvalue weighted by atomic mass is 9.66. The highest BCUT2D eigenvalue weighted by Crippen LogP contribution is 2.43. The molecule has 0 spiro atoms. The van der Waals surface area contributed by atoms with Crippen molar-refractivity contribution in [1.29, 1.82) is 5.26 Å². The fourth-order valence-electron chi connectivity index (χ4n) is 3.73. The maximum atomic E-state index is 12.7. The standard InChI is InChI=1S/C20H20F2N3O2S/c21-19(22)28(26,27)18-5-3-15(4-6-18)20(11-12-23)9-7-16(8-10-20)25-17-2-1-13-24-14-17/h1-5,13-14,16,19,25H,7-11H2. The molecule has 1 aromatic heterocycles. The maximum Gasteiger partial charge on any atom is 0.341 e. The third-order valence-electron chi connectivity index (χ3n) is 5.33. The highest BCUT2D eigenvalue weighted by Gasteiger charge is 2.37. The molecule has 1 saturated carbocycles. The van der Waals surface area contributed by atoms with Crippen LogP contribution in [0.4, 0.5) is 14.5 Å². The number of halogens is 2. The van der Waals surface area contributed by atoms with Crippen molar-refractivity contribution in [1.82, 2.24) is 4.98 Å². The van der Waals surface area contributed by atoms with E-state index in [0.717, 1.165) is 43.0 Å². The molecule has 0 atom stereocenters.